The van der Waals surface area contributed by atoms with Crippen molar-refractivity contribution in [2.24, 2.45) is 17.6 Å². The number of nitrogens with zero attached hydrogens (tertiary/aromatic N) is 1. The number of carboxylic acid groups (broad SMARTS) is 3. The number of rotatable bonds is 59. The molecule has 0 aliphatic carbocycles. The van der Waals surface area contributed by atoms with E-state index in [1.165, 1.54) is 67.6 Å². The first-order chi connectivity index (χ1) is 65.8. The number of nitrogens with two attached hydrogens (primary N) is 1. The topological polar surface area (TPSA) is 733 Å². The van der Waals surface area contributed by atoms with Crippen LogP contribution in [0.15, 0.2) is 115 Å². The Morgan fingerprint density at radius 2 is 0.791 bits per heavy atom. The maximum absolute atomic E-state index is 14.7. The zero-order valence-corrected chi connectivity index (χ0v) is 78.4. The standard InChI is InChI=1S/C92H123N17O29S/c1-8-48(4)76(88(134)102-64(37-54-23-27-58(115)28-24-54)82(128)98-62(34-47(2)3)81(127)100-66(40-74(121)122)80(126)96-49(5)16-14-15-31-93)107-87(133)69(44-111)104-83(129)63(36-53-21-25-57(114)26-22-53)99-84(130)67(41-75(123)124)101-86(132)68(43-110)105-90(136)78(51(7)113)108-85(131)65(35-52-17-10-9-11-18-52)103-89(135)77(50(6)112)106-70(116)42-95-79(125)61(29-30-73(119)120)97-72(118)46-139-45-71(117)94-32-33-109-91(137)59-38-55-19-12-13-20-56(55)39-60(59)92(109)138/h9-13,17-28,38-39,47-51,61-69,76-78,110-115H,8,14-16,29-37,40-46,93H2,1-7H3,(H,94,117)(H,95,125)(H,96,126)(H,97,118)(H,98,128)(H,99,130)(H,100,127)(H,101,132)(H,102,134)(H,103,135)(H,104,129)(H,105,136)(H,106,116)(H,107,133)(H,108,131)(H,119,120)(H,121,122)(H,123,124)/t48-,49+,50+,51+,61-,62-,63-,64-,65-,66-,67-,68-,69-,76-,77-,78-/m0/s1. The van der Waals surface area contributed by atoms with Gasteiger partial charge in [-0.25, -0.2) is 0 Å². The summed E-state index contributed by atoms with van der Waals surface area (Å²) < 4.78 is 0. The molecule has 139 heavy (non-hydrogen) atoms. The van der Waals surface area contributed by atoms with E-state index < -0.39 is 279 Å². The summed E-state index contributed by atoms with van der Waals surface area (Å²) in [6.45, 7) is 6.82. The SMILES string of the molecule is CC[C@H](C)[C@H](NC(=O)[C@H](CO)NC(=O)[C@H](Cc1ccc(O)cc1)NC(=O)[C@H](CC(=O)O)NC(=O)[C@H](CO)NC(=O)[C@@H](NC(=O)[C@H](Cc1ccccc1)NC(=O)[C@@H](NC(=O)CNC(=O)[C@H](CCC(=O)O)NC(=O)CSCC(=O)NCCN1C(=O)c2cc3ccccc3cc2C1=O)[C@@H](C)O)[C@@H](C)O)C(=O)N[C@@H](Cc1ccc(O)cc1)C(=O)N[C@@H](CC(C)C)C(=O)N[C@@H](CC(=O)O)C(=O)N[C@H](C)CCCCN. The lowest BCUT2D eigenvalue weighted by Gasteiger charge is -2.30. The number of unbranched alkanes of at least 4 members (excludes halogenated alkanes) is 1. The van der Waals surface area contributed by atoms with Gasteiger partial charge in [0.15, 0.2) is 0 Å². The Hall–Kier alpha value is -14.3. The van der Waals surface area contributed by atoms with Gasteiger partial charge in [0.2, 0.25) is 88.6 Å². The smallest absolute Gasteiger partial charge is 0.305 e. The van der Waals surface area contributed by atoms with Gasteiger partial charge in [0.1, 0.15) is 84.0 Å². The van der Waals surface area contributed by atoms with Gasteiger partial charge in [0.25, 0.3) is 11.8 Å². The van der Waals surface area contributed by atoms with E-state index in [2.05, 4.69) is 79.8 Å². The summed E-state index contributed by atoms with van der Waals surface area (Å²) in [6.07, 6.45) is -6.52. The van der Waals surface area contributed by atoms with Crippen molar-refractivity contribution in [3.05, 3.63) is 143 Å². The number of imide groups is 1. The first-order valence-electron chi connectivity index (χ1n) is 44.8. The zero-order chi connectivity index (χ0) is 103. The van der Waals surface area contributed by atoms with E-state index in [-0.39, 0.29) is 72.2 Å². The molecular formula is C92H123N17O29S. The van der Waals surface area contributed by atoms with Crippen LogP contribution < -0.4 is 85.5 Å². The second-order valence-corrected chi connectivity index (χ2v) is 34.8. The van der Waals surface area contributed by atoms with Gasteiger partial charge in [-0.15, -0.1) is 11.8 Å². The number of hydrogen-bond donors (Lipinski definition) is 25. The van der Waals surface area contributed by atoms with Crippen LogP contribution in [0.3, 0.4) is 0 Å². The van der Waals surface area contributed by atoms with Gasteiger partial charge in [-0.3, -0.25) is 101 Å². The fraction of sp³-hybridized carbons (Fsp3) is 0.478. The van der Waals surface area contributed by atoms with E-state index in [0.29, 0.717) is 36.9 Å². The average molecular weight is 1960 g/mol. The third-order valence-electron chi connectivity index (χ3n) is 22.0. The van der Waals surface area contributed by atoms with Gasteiger partial charge in [0.05, 0.1) is 67.4 Å². The number of aliphatic carboxylic acids is 3. The van der Waals surface area contributed by atoms with Gasteiger partial charge >= 0.3 is 17.9 Å². The molecule has 0 unspecified atom stereocenters. The molecule has 1 heterocycles. The van der Waals surface area contributed by atoms with Gasteiger partial charge < -0.3 is 131 Å². The number of phenols is 2. The first-order valence-corrected chi connectivity index (χ1v) is 46.0. The second-order valence-electron chi connectivity index (χ2n) is 33.8. The van der Waals surface area contributed by atoms with Crippen molar-refractivity contribution >= 4 is 141 Å². The van der Waals surface area contributed by atoms with Crippen molar-refractivity contribution in [3.8, 4) is 11.5 Å². The number of aliphatic hydroxyl groups is 4. The molecule has 756 valence electrons. The Labute approximate surface area is 802 Å². The number of thioether (sulfide) groups is 1. The Bertz CT molecular complexity index is 5120. The van der Waals surface area contributed by atoms with Crippen molar-refractivity contribution < 1.29 is 142 Å². The number of carbonyl (C=O) groups is 20. The number of carboxylic acids is 3. The molecule has 0 aromatic heterocycles. The highest BCUT2D eigenvalue weighted by Crippen LogP contribution is 2.28. The second kappa shape index (κ2) is 56.4. The van der Waals surface area contributed by atoms with Crippen LogP contribution in [0.5, 0.6) is 11.5 Å². The van der Waals surface area contributed by atoms with Crippen molar-refractivity contribution in [2.45, 2.75) is 216 Å². The first kappa shape index (κ1) is 113. The molecule has 16 atom stereocenters. The van der Waals surface area contributed by atoms with E-state index in [1.807, 2.05) is 0 Å². The van der Waals surface area contributed by atoms with Crippen LogP contribution in [0.1, 0.15) is 144 Å². The molecule has 0 radical (unpaired) electrons. The predicted molar refractivity (Wildman–Crippen MR) is 498 cm³/mol. The van der Waals surface area contributed by atoms with Crippen LogP contribution in [-0.2, 0) is 106 Å². The fourth-order valence-corrected chi connectivity index (χ4v) is 15.0. The van der Waals surface area contributed by atoms with Crippen molar-refractivity contribution in [2.75, 3.05) is 50.9 Å². The average Bonchev–Trinajstić information content (AvgIpc) is 1.61. The monoisotopic (exact) mass is 1960 g/mol. The predicted octanol–water partition coefficient (Wildman–Crippen LogP) is -4.36. The lowest BCUT2D eigenvalue weighted by molar-refractivity contribution is -0.142. The van der Waals surface area contributed by atoms with E-state index >= 15 is 0 Å². The van der Waals surface area contributed by atoms with Crippen LogP contribution in [-0.4, -0.2) is 311 Å². The highest BCUT2D eigenvalue weighted by molar-refractivity contribution is 8.00. The van der Waals surface area contributed by atoms with Gasteiger partial charge in [0, 0.05) is 44.8 Å². The molecule has 0 saturated heterocycles. The summed E-state index contributed by atoms with van der Waals surface area (Å²) >= 11 is 0.787. The van der Waals surface area contributed by atoms with Crippen molar-refractivity contribution in [3.63, 3.8) is 0 Å². The molecule has 0 spiro atoms. The third-order valence-corrected chi connectivity index (χ3v) is 23.0. The number of hydrogen-bond acceptors (Lipinski definition) is 28. The number of aromatic hydroxyl groups is 2. The summed E-state index contributed by atoms with van der Waals surface area (Å²) in [7, 11) is 0. The van der Waals surface area contributed by atoms with E-state index in [9.17, 15) is 142 Å². The molecule has 1 aliphatic heterocycles. The summed E-state index contributed by atoms with van der Waals surface area (Å²) in [5.74, 6) is -25.0. The maximum atomic E-state index is 14.7. The maximum Gasteiger partial charge on any atom is 0.305 e. The molecule has 46 nitrogen and oxygen atoms in total. The molecule has 47 heteroatoms. The Morgan fingerprint density at radius 3 is 1.26 bits per heavy atom. The van der Waals surface area contributed by atoms with E-state index in [1.54, 1.807) is 82.3 Å². The number of phenolic OH excluding ortho intramolecular Hbond substituents is 2. The number of nitrogens with one attached hydrogen (secondary N) is 15. The molecule has 1 aliphatic rings. The number of carbonyl (C=O) groups excluding carboxylic acids is 17. The summed E-state index contributed by atoms with van der Waals surface area (Å²) in [5, 5.41) is 130. The minimum Gasteiger partial charge on any atom is -0.508 e. The number of fused-ring (bicyclic) bond motifs is 2. The van der Waals surface area contributed by atoms with Crippen LogP contribution >= 0.6 is 11.8 Å². The van der Waals surface area contributed by atoms with Gasteiger partial charge in [-0.2, -0.15) is 0 Å². The lowest BCUT2D eigenvalue weighted by Crippen LogP contribution is -2.63. The highest BCUT2D eigenvalue weighted by Gasteiger charge is 2.42. The molecular weight excluding hydrogens is 1840 g/mol. The third kappa shape index (κ3) is 37.3. The van der Waals surface area contributed by atoms with E-state index in [0.717, 1.165) is 41.3 Å². The molecule has 0 saturated carbocycles. The molecule has 6 rings (SSSR count). The van der Waals surface area contributed by atoms with Crippen molar-refractivity contribution in [1.29, 1.82) is 0 Å². The number of amides is 17. The van der Waals surface area contributed by atoms with E-state index in [4.69, 9.17) is 5.73 Å². The molecule has 17 amide bonds. The fourth-order valence-electron chi connectivity index (χ4n) is 14.3. The molecule has 5 aromatic carbocycles. The highest BCUT2D eigenvalue weighted by atomic mass is 32.2. The Kier molecular flexibility index (Phi) is 46.0. The van der Waals surface area contributed by atoms with Crippen LogP contribution in [0.2, 0.25) is 0 Å². The van der Waals surface area contributed by atoms with Gasteiger partial charge in [-0.1, -0.05) is 119 Å². The normalized spacial score (nSPS) is 15.1. The largest absolute Gasteiger partial charge is 0.508 e. The molecule has 26 N–H and O–H groups in total. The Morgan fingerprint density at radius 1 is 0.396 bits per heavy atom. The summed E-state index contributed by atoms with van der Waals surface area (Å²) in [6, 6.07) is 5.91. The zero-order valence-electron chi connectivity index (χ0n) is 77.5. The summed E-state index contributed by atoms with van der Waals surface area (Å²) in [5.41, 5.74) is 6.91. The Balaban J connectivity index is 1.10. The molecule has 0 fully saturated rings. The molecule has 0 bridgehead atoms. The number of aliphatic hydroxyl groups excluding tert-OH is 4. The van der Waals surface area contributed by atoms with Crippen LogP contribution in [0.25, 0.3) is 10.8 Å². The summed E-state index contributed by atoms with van der Waals surface area (Å²) in [4.78, 5) is 274. The van der Waals surface area contributed by atoms with Crippen molar-refractivity contribution in [1.82, 2.24) is 84.7 Å². The minimum atomic E-state index is -2.24. The minimum absolute atomic E-state index is 0.0824. The lowest BCUT2D eigenvalue weighted by atomic mass is 9.96. The molecule has 5 aromatic rings. The van der Waals surface area contributed by atoms with Crippen LogP contribution in [0, 0.1) is 11.8 Å². The van der Waals surface area contributed by atoms with Crippen LogP contribution in [0.4, 0.5) is 0 Å². The number of benzene rings is 5. The quantitative estimate of drug-likeness (QED) is 0.0129. The van der Waals surface area contributed by atoms with Gasteiger partial charge in [-0.05, 0) is 129 Å².